The van der Waals surface area contributed by atoms with Crippen molar-refractivity contribution >= 4 is 184 Å². The van der Waals surface area contributed by atoms with Gasteiger partial charge in [0, 0.05) is 86.9 Å². The van der Waals surface area contributed by atoms with E-state index in [0.717, 1.165) is 11.8 Å². The highest BCUT2D eigenvalue weighted by Crippen LogP contribution is 2.23. The van der Waals surface area contributed by atoms with E-state index in [-0.39, 0.29) is 121 Å². The summed E-state index contributed by atoms with van der Waals surface area (Å²) in [6, 6.07) is -18.9. The van der Waals surface area contributed by atoms with E-state index in [1.54, 1.807) is 72.0 Å². The molecule has 0 radical (unpaired) electrons. The van der Waals surface area contributed by atoms with E-state index < -0.39 is 333 Å². The fraction of sp³-hybridized carbons (Fsp3) is 0.633. The van der Waals surface area contributed by atoms with Crippen LogP contribution in [-0.4, -0.2) is 338 Å². The van der Waals surface area contributed by atoms with Crippen molar-refractivity contribution < 1.29 is 126 Å². The van der Waals surface area contributed by atoms with Gasteiger partial charge in [0.2, 0.25) is 118 Å². The molecule has 1 fully saturated rings. The van der Waals surface area contributed by atoms with Gasteiger partial charge < -0.3 is 171 Å². The number of amides is 20. The number of nitrogens with zero attached hydrogens (tertiary/aromatic N) is 1. The molecule has 0 unspecified atom stereocenters. The van der Waals surface area contributed by atoms with Crippen molar-refractivity contribution in [3.8, 4) is 0 Å². The summed E-state index contributed by atoms with van der Waals surface area (Å²) in [4.78, 5) is 306. The maximum atomic E-state index is 15.3. The zero-order valence-corrected chi connectivity index (χ0v) is 86.3. The van der Waals surface area contributed by atoms with Gasteiger partial charge in [0.05, 0.1) is 25.3 Å². The molecular formula is C90H149N31O26S2. The summed E-state index contributed by atoms with van der Waals surface area (Å²) < 4.78 is 0. The van der Waals surface area contributed by atoms with E-state index in [9.17, 15) is 112 Å². The number of carbonyl (C=O) groups is 22. The molecule has 18 atom stereocenters. The van der Waals surface area contributed by atoms with E-state index in [2.05, 4.69) is 131 Å². The molecule has 0 bridgehead atoms. The number of nitrogens with two attached hydrogens (primary N) is 7. The van der Waals surface area contributed by atoms with Crippen LogP contribution in [0.5, 0.6) is 0 Å². The lowest BCUT2D eigenvalue weighted by molar-refractivity contribution is -0.142. The number of primary amides is 3. The van der Waals surface area contributed by atoms with Crippen LogP contribution in [0.2, 0.25) is 0 Å². The first kappa shape index (κ1) is 129. The van der Waals surface area contributed by atoms with Gasteiger partial charge in [-0.15, -0.1) is 0 Å². The lowest BCUT2D eigenvalue weighted by Gasteiger charge is -2.30. The minimum Gasteiger partial charge on any atom is -0.481 e. The number of thiol groups is 2. The molecule has 0 aliphatic carbocycles. The number of aliphatic hydroxyl groups excluding tert-OH is 2. The van der Waals surface area contributed by atoms with Crippen LogP contribution in [0.1, 0.15) is 183 Å². The molecule has 2 heterocycles. The normalized spacial score (nSPS) is 15.6. The molecule has 20 amide bonds. The van der Waals surface area contributed by atoms with Crippen molar-refractivity contribution in [3.05, 3.63) is 36.0 Å². The number of rotatable bonds is 70. The maximum Gasteiger partial charge on any atom is 0.326 e. The first-order valence-corrected chi connectivity index (χ1v) is 49.7. The molecule has 2 aromatic rings. The van der Waals surface area contributed by atoms with Crippen molar-refractivity contribution in [1.29, 1.82) is 16.2 Å². The summed E-state index contributed by atoms with van der Waals surface area (Å²) in [6.45, 7) is 10.6. The highest BCUT2D eigenvalue weighted by molar-refractivity contribution is 7.80. The summed E-state index contributed by atoms with van der Waals surface area (Å²) in [6.07, 6.45) is -7.31. The first-order chi connectivity index (χ1) is 70.0. The van der Waals surface area contributed by atoms with E-state index in [0.29, 0.717) is 16.5 Å². The minimum atomic E-state index is -1.89. The summed E-state index contributed by atoms with van der Waals surface area (Å²) >= 11 is 8.39. The van der Waals surface area contributed by atoms with E-state index in [1.807, 2.05) is 0 Å². The number of carboxylic acids is 2. The van der Waals surface area contributed by atoms with Crippen LogP contribution < -0.4 is 141 Å². The Bertz CT molecular complexity index is 4990. The predicted molar refractivity (Wildman–Crippen MR) is 544 cm³/mol. The Morgan fingerprint density at radius 2 is 0.732 bits per heavy atom. The lowest BCUT2D eigenvalue weighted by atomic mass is 9.98. The number of aliphatic carboxylic acids is 2. The topological polar surface area (TPSA) is 958 Å². The van der Waals surface area contributed by atoms with Gasteiger partial charge in [-0.25, -0.2) is 4.79 Å². The first-order valence-electron chi connectivity index (χ1n) is 48.5. The Morgan fingerprint density at radius 3 is 1.11 bits per heavy atom. The monoisotopic (exact) mass is 2140 g/mol. The number of carboxylic acid groups (broad SMARTS) is 2. The van der Waals surface area contributed by atoms with E-state index >= 15 is 14.4 Å². The summed E-state index contributed by atoms with van der Waals surface area (Å²) in [5, 5.41) is 110. The molecule has 1 aromatic carbocycles. The van der Waals surface area contributed by atoms with Gasteiger partial charge in [-0.1, -0.05) is 59.7 Å². The third-order valence-electron chi connectivity index (χ3n) is 23.1. The Balaban J connectivity index is 2.00. The quantitative estimate of drug-likeness (QED) is 0.0127. The number of fused-ring (bicyclic) bond motifs is 1. The molecule has 3 rings (SSSR count). The van der Waals surface area contributed by atoms with E-state index in [4.69, 9.17) is 56.4 Å². The Morgan fingerprint density at radius 1 is 0.396 bits per heavy atom. The molecule has 0 saturated carbocycles. The predicted octanol–water partition coefficient (Wildman–Crippen LogP) is -10.7. The van der Waals surface area contributed by atoms with Crippen molar-refractivity contribution in [2.75, 3.05) is 50.8 Å². The number of aromatic amines is 1. The average Bonchev–Trinajstić information content (AvgIpc) is 1.68. The molecule has 1 aliphatic heterocycles. The molecular weight excluding hydrogens is 2000 g/mol. The van der Waals surface area contributed by atoms with Gasteiger partial charge in [-0.3, -0.25) is 117 Å². The van der Waals surface area contributed by atoms with Gasteiger partial charge in [-0.05, 0) is 140 Å². The fourth-order valence-electron chi connectivity index (χ4n) is 15.2. The van der Waals surface area contributed by atoms with Gasteiger partial charge in [0.25, 0.3) is 0 Å². The van der Waals surface area contributed by atoms with Crippen LogP contribution in [0.3, 0.4) is 0 Å². The number of hydrogen-bond donors (Lipinski definition) is 36. The molecule has 1 saturated heterocycles. The number of hydrogen-bond acceptors (Lipinski definition) is 30. The van der Waals surface area contributed by atoms with Crippen molar-refractivity contribution in [2.24, 2.45) is 57.9 Å². The number of aliphatic hydroxyl groups is 2. The highest BCUT2D eigenvalue weighted by Gasteiger charge is 2.42. The zero-order chi connectivity index (χ0) is 112. The molecule has 149 heavy (non-hydrogen) atoms. The van der Waals surface area contributed by atoms with Gasteiger partial charge in [0.15, 0.2) is 17.9 Å². The van der Waals surface area contributed by atoms with Crippen LogP contribution in [0.15, 0.2) is 30.5 Å². The number of para-hydroxylation sites is 1. The van der Waals surface area contributed by atoms with Crippen LogP contribution in [-0.2, 0) is 112 Å². The Hall–Kier alpha value is -14.5. The molecule has 0 spiro atoms. The summed E-state index contributed by atoms with van der Waals surface area (Å²) in [5.74, 6) is -26.8. The van der Waals surface area contributed by atoms with Gasteiger partial charge in [-0.2, -0.15) is 25.3 Å². The average molecular weight is 2150 g/mol. The number of benzene rings is 1. The Labute approximate surface area is 870 Å². The SMILES string of the molecule is CC(C)C[C@H](NC(=O)[C@H](CC(C)C)NC(=O)[C@H](Cc1c[nH]c2ccccc12)NC(=O)[C@H](CCC(N)=O)NC(=O)[C@H](CCCNC(=N)N)NC(=O)[C@H](CC(C)C)NC(=O)[C@@H](NC(=O)[C@@H]1CCCN1C(=O)CNC(=O)[C@H](CCC(N)=O)NC(=O)[C@H](CCC(=O)O)NC(=O)[C@H](CS)NC(=O)[C@@H](N)[C@@H](C)O)[C@@H](C)O)C(=O)N[C@@H](CS)C(=O)N[C@@H](CCCNC(=N)N)C(=O)N[C@@H](CCC(N)=O)C(=O)NCC(=O)N[C@@H](CCCNC(=N)N)C(=O)O. The Kier molecular flexibility index (Phi) is 56.9. The smallest absolute Gasteiger partial charge is 0.326 e. The number of guanidine groups is 3. The number of nitrogens with one attached hydrogen (secondary N) is 23. The van der Waals surface area contributed by atoms with Crippen LogP contribution in [0.4, 0.5) is 0 Å². The molecule has 41 N–H and O–H groups in total. The van der Waals surface area contributed by atoms with Crippen molar-refractivity contribution in [3.63, 3.8) is 0 Å². The fourth-order valence-corrected chi connectivity index (χ4v) is 15.7. The number of aromatic nitrogens is 1. The second kappa shape index (κ2) is 66.0. The van der Waals surface area contributed by atoms with Crippen molar-refractivity contribution in [2.45, 2.75) is 293 Å². The number of likely N-dealkylation sites (tertiary alicyclic amines) is 1. The molecule has 59 heteroatoms. The van der Waals surface area contributed by atoms with E-state index in [1.165, 1.54) is 6.92 Å². The third kappa shape index (κ3) is 48.3. The van der Waals surface area contributed by atoms with Gasteiger partial charge >= 0.3 is 11.9 Å². The number of H-pyrrole nitrogens is 1. The maximum absolute atomic E-state index is 15.3. The minimum absolute atomic E-state index is 0.00759. The standard InChI is InChI=1S/C90H149N31O26S2/c1-42(2)33-57(79(138)114-58(34-43(3)4)80(139)118-61(40-148)82(141)109-51(18-12-30-102-89(97)98)74(133)110-52(21-25-64(91)124)72(131)105-38-67(127)107-56(87(146)147)19-13-31-103-90(99)100)115-81(140)60(36-47-37-104-49-16-10-9-15-48(47)49)116-77(136)54(23-27-66(93)126)112-75(134)50(17-11-29-101-88(95)96)108-78(137)59(35-44(5)6)117-86(145)71(46(8)123)120-84(143)63-20-14-32-121(63)68(128)39-106-73(132)53(22-26-65(92)125)111-76(135)55(24-28-69(129)130)113-83(142)62(41-149)119-85(144)70(94)45(7)122/h9-10,15-16,37,42-46,50-63,70-71,104,122-123,148-149H,11-14,17-36,38-41,94H2,1-8H3,(H2,91,124)(H2,92,125)(H2,93,126)(H,105,131)(H,106,132)(H,107,127)(H,108,137)(H,109,141)(H,110,133)(H,111,135)(H,112,134)(H,113,142)(H,114,138)(H,115,140)(H,116,136)(H,117,145)(H,118,139)(H,119,144)(H,120,143)(H,129,130)(H,146,147)(H4,95,96,101)(H4,97,98,102)(H4,99,100,103)/t45-,46-,50+,51+,52+,53+,54+,55+,56+,57+,58+,59+,60+,61+,62+,63+,70+,71+/m1/s1. The molecule has 832 valence electrons. The number of carbonyl (C=O) groups excluding carboxylic acids is 20. The zero-order valence-electron chi connectivity index (χ0n) is 84.5. The van der Waals surface area contributed by atoms with Gasteiger partial charge in [0.1, 0.15) is 96.7 Å². The second-order valence-corrected chi connectivity index (χ2v) is 37.8. The molecule has 1 aromatic heterocycles. The molecule has 57 nitrogen and oxygen atoms in total. The van der Waals surface area contributed by atoms with Crippen molar-refractivity contribution in [1.82, 2.24) is 111 Å². The third-order valence-corrected chi connectivity index (χ3v) is 23.8. The summed E-state index contributed by atoms with van der Waals surface area (Å²) in [7, 11) is 0. The van der Waals surface area contributed by atoms with Crippen LogP contribution in [0, 0.1) is 34.0 Å². The largest absolute Gasteiger partial charge is 0.481 e. The lowest BCUT2D eigenvalue weighted by Crippen LogP contribution is -2.62. The highest BCUT2D eigenvalue weighted by atomic mass is 32.1. The van der Waals surface area contributed by atoms with Crippen LogP contribution in [0.25, 0.3) is 10.9 Å². The van der Waals surface area contributed by atoms with Crippen LogP contribution >= 0.6 is 25.3 Å². The molecule has 1 aliphatic rings. The summed E-state index contributed by atoms with van der Waals surface area (Å²) in [5.41, 5.74) is 39.5. The second-order valence-electron chi connectivity index (χ2n) is 37.1.